The Labute approximate surface area is 138 Å². The van der Waals surface area contributed by atoms with Crippen LogP contribution in [0.5, 0.6) is 11.6 Å². The summed E-state index contributed by atoms with van der Waals surface area (Å²) in [7, 11) is 0. The van der Waals surface area contributed by atoms with Gasteiger partial charge in [0.2, 0.25) is 5.88 Å². The molecular formula is C16H18BrClN2O. The van der Waals surface area contributed by atoms with Crippen molar-refractivity contribution in [3.05, 3.63) is 51.6 Å². The molecule has 21 heavy (non-hydrogen) atoms. The lowest BCUT2D eigenvalue weighted by Gasteiger charge is -2.11. The van der Waals surface area contributed by atoms with Crippen LogP contribution in [0.4, 0.5) is 0 Å². The summed E-state index contributed by atoms with van der Waals surface area (Å²) in [6.45, 7) is 5.98. The van der Waals surface area contributed by atoms with Crippen molar-refractivity contribution in [3.8, 4) is 11.6 Å². The molecule has 0 radical (unpaired) electrons. The summed E-state index contributed by atoms with van der Waals surface area (Å²) >= 11 is 9.63. The normalized spacial score (nSPS) is 10.9. The Balaban J connectivity index is 2.09. The van der Waals surface area contributed by atoms with Crippen molar-refractivity contribution in [1.82, 2.24) is 10.3 Å². The van der Waals surface area contributed by atoms with Crippen LogP contribution in [0.1, 0.15) is 19.4 Å². The van der Waals surface area contributed by atoms with Gasteiger partial charge >= 0.3 is 0 Å². The largest absolute Gasteiger partial charge is 0.438 e. The van der Waals surface area contributed by atoms with E-state index in [0.29, 0.717) is 23.4 Å². The second-order valence-corrected chi connectivity index (χ2v) is 6.43. The minimum atomic E-state index is 0.535. The van der Waals surface area contributed by atoms with Crippen LogP contribution in [-0.4, -0.2) is 11.5 Å². The number of para-hydroxylation sites is 1. The topological polar surface area (TPSA) is 34.1 Å². The predicted molar refractivity (Wildman–Crippen MR) is 90.0 cm³/mol. The molecule has 2 aromatic rings. The van der Waals surface area contributed by atoms with Crippen molar-refractivity contribution in [3.63, 3.8) is 0 Å². The predicted octanol–water partition coefficient (Wildman–Crippen LogP) is 5.04. The van der Waals surface area contributed by atoms with Crippen LogP contribution in [-0.2, 0) is 6.54 Å². The van der Waals surface area contributed by atoms with E-state index in [1.165, 1.54) is 0 Å². The van der Waals surface area contributed by atoms with Gasteiger partial charge in [0.05, 0.1) is 9.50 Å². The van der Waals surface area contributed by atoms with Gasteiger partial charge in [0.15, 0.2) is 0 Å². The van der Waals surface area contributed by atoms with E-state index in [4.69, 9.17) is 16.3 Å². The molecule has 5 heteroatoms. The number of halogens is 2. The number of pyridine rings is 1. The minimum absolute atomic E-state index is 0.535. The Morgan fingerprint density at radius 3 is 2.81 bits per heavy atom. The molecule has 0 saturated carbocycles. The summed E-state index contributed by atoms with van der Waals surface area (Å²) in [4.78, 5) is 4.22. The van der Waals surface area contributed by atoms with Gasteiger partial charge in [0.25, 0.3) is 0 Å². The van der Waals surface area contributed by atoms with E-state index < -0.39 is 0 Å². The molecular weight excluding hydrogens is 352 g/mol. The maximum Gasteiger partial charge on any atom is 0.219 e. The lowest BCUT2D eigenvalue weighted by Crippen LogP contribution is -2.19. The molecule has 0 bridgehead atoms. The molecule has 1 heterocycles. The summed E-state index contributed by atoms with van der Waals surface area (Å²) in [6, 6.07) is 9.54. The van der Waals surface area contributed by atoms with Crippen LogP contribution in [0.25, 0.3) is 0 Å². The second kappa shape index (κ2) is 7.78. The van der Waals surface area contributed by atoms with Gasteiger partial charge in [-0.05, 0) is 46.1 Å². The number of benzene rings is 1. The molecule has 2 rings (SSSR count). The number of hydrogen-bond donors (Lipinski definition) is 1. The standard InChI is InChI=1S/C16H18BrClN2O/c1-11(2)8-19-9-12-7-16(20-10-14(12)18)21-15-6-4-3-5-13(15)17/h3-7,10-11,19H,8-9H2,1-2H3. The quantitative estimate of drug-likeness (QED) is 0.775. The van der Waals surface area contributed by atoms with E-state index in [2.05, 4.69) is 40.1 Å². The highest BCUT2D eigenvalue weighted by atomic mass is 79.9. The van der Waals surface area contributed by atoms with Crippen molar-refractivity contribution in [2.24, 2.45) is 5.92 Å². The zero-order valence-electron chi connectivity index (χ0n) is 12.1. The molecule has 0 aliphatic rings. The number of aromatic nitrogens is 1. The van der Waals surface area contributed by atoms with Gasteiger partial charge in [-0.15, -0.1) is 0 Å². The molecule has 1 aromatic carbocycles. The van der Waals surface area contributed by atoms with Crippen LogP contribution < -0.4 is 10.1 Å². The zero-order valence-corrected chi connectivity index (χ0v) is 14.4. The molecule has 0 unspecified atom stereocenters. The van der Waals surface area contributed by atoms with Gasteiger partial charge in [0.1, 0.15) is 5.75 Å². The van der Waals surface area contributed by atoms with Gasteiger partial charge in [-0.25, -0.2) is 4.98 Å². The second-order valence-electron chi connectivity index (χ2n) is 5.17. The first-order chi connectivity index (χ1) is 10.1. The summed E-state index contributed by atoms with van der Waals surface area (Å²) in [6.07, 6.45) is 1.63. The van der Waals surface area contributed by atoms with Gasteiger partial charge in [0, 0.05) is 18.8 Å². The molecule has 0 fully saturated rings. The van der Waals surface area contributed by atoms with E-state index in [9.17, 15) is 0 Å². The number of ether oxygens (including phenoxy) is 1. The zero-order chi connectivity index (χ0) is 15.2. The molecule has 0 atom stereocenters. The lowest BCUT2D eigenvalue weighted by molar-refractivity contribution is 0.458. The number of hydrogen-bond acceptors (Lipinski definition) is 3. The third-order valence-corrected chi connectivity index (χ3v) is 3.82. The summed E-state index contributed by atoms with van der Waals surface area (Å²) in [5.41, 5.74) is 0.981. The van der Waals surface area contributed by atoms with E-state index in [0.717, 1.165) is 22.3 Å². The summed E-state index contributed by atoms with van der Waals surface area (Å²) in [5, 5.41) is 4.01. The van der Waals surface area contributed by atoms with Crippen LogP contribution in [0.15, 0.2) is 41.0 Å². The first-order valence-electron chi connectivity index (χ1n) is 6.84. The van der Waals surface area contributed by atoms with Crippen molar-refractivity contribution >= 4 is 27.5 Å². The van der Waals surface area contributed by atoms with Crippen LogP contribution in [0, 0.1) is 5.92 Å². The smallest absolute Gasteiger partial charge is 0.219 e. The molecule has 0 spiro atoms. The molecule has 0 aliphatic carbocycles. The average molecular weight is 370 g/mol. The average Bonchev–Trinajstić information content (AvgIpc) is 2.44. The monoisotopic (exact) mass is 368 g/mol. The molecule has 0 saturated heterocycles. The molecule has 3 nitrogen and oxygen atoms in total. The first-order valence-corrected chi connectivity index (χ1v) is 8.01. The Kier molecular flexibility index (Phi) is 6.03. The SMILES string of the molecule is CC(C)CNCc1cc(Oc2ccccc2Br)ncc1Cl. The highest BCUT2D eigenvalue weighted by Gasteiger charge is 2.07. The number of rotatable bonds is 6. The minimum Gasteiger partial charge on any atom is -0.438 e. The Morgan fingerprint density at radius 2 is 2.10 bits per heavy atom. The third-order valence-electron chi connectivity index (χ3n) is 2.83. The Hall–Kier alpha value is -1.10. The molecule has 1 aromatic heterocycles. The third kappa shape index (κ3) is 4.99. The van der Waals surface area contributed by atoms with E-state index in [1.807, 2.05) is 30.3 Å². The van der Waals surface area contributed by atoms with Gasteiger partial charge in [-0.3, -0.25) is 0 Å². The number of nitrogens with one attached hydrogen (secondary N) is 1. The van der Waals surface area contributed by atoms with E-state index in [1.54, 1.807) is 6.20 Å². The molecule has 112 valence electrons. The Morgan fingerprint density at radius 1 is 1.33 bits per heavy atom. The highest BCUT2D eigenvalue weighted by molar-refractivity contribution is 9.10. The van der Waals surface area contributed by atoms with Crippen molar-refractivity contribution in [2.45, 2.75) is 20.4 Å². The fourth-order valence-corrected chi connectivity index (χ4v) is 2.32. The fourth-order valence-electron chi connectivity index (χ4n) is 1.79. The maximum atomic E-state index is 6.18. The van der Waals surface area contributed by atoms with Crippen LogP contribution in [0.2, 0.25) is 5.02 Å². The molecule has 0 amide bonds. The first kappa shape index (κ1) is 16.3. The highest BCUT2D eigenvalue weighted by Crippen LogP contribution is 2.29. The van der Waals surface area contributed by atoms with Gasteiger partial charge in [-0.1, -0.05) is 37.6 Å². The molecule has 0 aliphatic heterocycles. The van der Waals surface area contributed by atoms with Gasteiger partial charge < -0.3 is 10.1 Å². The van der Waals surface area contributed by atoms with Crippen molar-refractivity contribution in [1.29, 1.82) is 0 Å². The Bertz CT molecular complexity index is 605. The van der Waals surface area contributed by atoms with Gasteiger partial charge in [-0.2, -0.15) is 0 Å². The van der Waals surface area contributed by atoms with Crippen LogP contribution in [0.3, 0.4) is 0 Å². The molecule has 1 N–H and O–H groups in total. The maximum absolute atomic E-state index is 6.18. The number of nitrogens with zero attached hydrogens (tertiary/aromatic N) is 1. The van der Waals surface area contributed by atoms with Crippen LogP contribution >= 0.6 is 27.5 Å². The van der Waals surface area contributed by atoms with Crippen molar-refractivity contribution in [2.75, 3.05) is 6.54 Å². The summed E-state index contributed by atoms with van der Waals surface area (Å²) in [5.74, 6) is 1.86. The van der Waals surface area contributed by atoms with Crippen molar-refractivity contribution < 1.29 is 4.74 Å². The fraction of sp³-hybridized carbons (Fsp3) is 0.312. The van der Waals surface area contributed by atoms with E-state index in [-0.39, 0.29) is 0 Å². The lowest BCUT2D eigenvalue weighted by atomic mass is 10.2. The summed E-state index contributed by atoms with van der Waals surface area (Å²) < 4.78 is 6.68. The van der Waals surface area contributed by atoms with E-state index >= 15 is 0 Å².